The number of nitrogens with one attached hydrogen (secondary N) is 1. The number of aromatic nitrogens is 2. The topological polar surface area (TPSA) is 106 Å². The molecule has 31 heavy (non-hydrogen) atoms. The number of fused-ring (bicyclic) bond motifs is 1. The Balaban J connectivity index is 1.73. The minimum absolute atomic E-state index is 0.00200. The summed E-state index contributed by atoms with van der Waals surface area (Å²) in [5, 5.41) is 16.4. The lowest BCUT2D eigenvalue weighted by Crippen LogP contribution is -2.42. The van der Waals surface area contributed by atoms with Gasteiger partial charge >= 0.3 is 6.09 Å². The predicted molar refractivity (Wildman–Crippen MR) is 114 cm³/mol. The second kappa shape index (κ2) is 8.97. The molecule has 1 aromatic heterocycles. The van der Waals surface area contributed by atoms with E-state index in [0.717, 1.165) is 41.6 Å². The maximum Gasteiger partial charge on any atom is 0.414 e. The van der Waals surface area contributed by atoms with Crippen LogP contribution in [-0.2, 0) is 22.5 Å². The lowest BCUT2D eigenvalue weighted by Gasteiger charge is -2.35. The van der Waals surface area contributed by atoms with Gasteiger partial charge in [-0.2, -0.15) is 5.10 Å². The molecule has 2 aromatic rings. The van der Waals surface area contributed by atoms with Crippen molar-refractivity contribution < 1.29 is 24.2 Å². The number of aliphatic hydroxyl groups excluding tert-OH is 1. The Kier molecular flexibility index (Phi) is 6.13. The highest BCUT2D eigenvalue weighted by molar-refractivity contribution is 5.92. The van der Waals surface area contributed by atoms with Gasteiger partial charge in [-0.1, -0.05) is 0 Å². The van der Waals surface area contributed by atoms with Gasteiger partial charge < -0.3 is 19.9 Å². The summed E-state index contributed by atoms with van der Waals surface area (Å²) in [6, 6.07) is 3.83. The second-order valence-electron chi connectivity index (χ2n) is 8.00. The van der Waals surface area contributed by atoms with Gasteiger partial charge in [-0.3, -0.25) is 14.4 Å². The fourth-order valence-corrected chi connectivity index (χ4v) is 4.29. The summed E-state index contributed by atoms with van der Waals surface area (Å²) in [7, 11) is 1.38. The van der Waals surface area contributed by atoms with Crippen molar-refractivity contribution in [2.45, 2.75) is 51.2 Å². The van der Waals surface area contributed by atoms with Crippen molar-refractivity contribution in [3.8, 4) is 16.9 Å². The molecule has 2 amide bonds. The Labute approximate surface area is 180 Å². The number of benzene rings is 1. The van der Waals surface area contributed by atoms with Crippen LogP contribution in [0.2, 0.25) is 0 Å². The van der Waals surface area contributed by atoms with Crippen LogP contribution in [0.5, 0.6) is 5.75 Å². The van der Waals surface area contributed by atoms with Gasteiger partial charge in [0.15, 0.2) is 0 Å². The number of hydrogen-bond acceptors (Lipinski definition) is 6. The summed E-state index contributed by atoms with van der Waals surface area (Å²) in [6.07, 6.45) is 6.00. The van der Waals surface area contributed by atoms with Gasteiger partial charge in [0, 0.05) is 35.3 Å². The molecule has 1 saturated heterocycles. The molecular formula is C22H28N4O5. The fourth-order valence-electron chi connectivity index (χ4n) is 4.29. The summed E-state index contributed by atoms with van der Waals surface area (Å²) in [5.74, 6) is 0.739. The Morgan fingerprint density at radius 3 is 2.87 bits per heavy atom. The minimum atomic E-state index is -0.397. The average molecular weight is 428 g/mol. The third-order valence-electron chi connectivity index (χ3n) is 5.91. The van der Waals surface area contributed by atoms with Crippen molar-refractivity contribution in [3.05, 3.63) is 30.1 Å². The molecule has 0 aliphatic carbocycles. The number of anilines is 1. The zero-order valence-corrected chi connectivity index (χ0v) is 17.8. The van der Waals surface area contributed by atoms with Gasteiger partial charge in [0.25, 0.3) is 0 Å². The summed E-state index contributed by atoms with van der Waals surface area (Å²) in [4.78, 5) is 25.7. The maximum absolute atomic E-state index is 12.5. The van der Waals surface area contributed by atoms with E-state index in [1.165, 1.54) is 7.11 Å². The van der Waals surface area contributed by atoms with E-state index in [1.807, 2.05) is 25.3 Å². The number of aliphatic hydroxyl groups is 1. The van der Waals surface area contributed by atoms with Crippen molar-refractivity contribution in [1.82, 2.24) is 15.1 Å². The number of ether oxygens (including phenoxy) is 2. The van der Waals surface area contributed by atoms with E-state index < -0.39 is 6.09 Å². The summed E-state index contributed by atoms with van der Waals surface area (Å²) in [6.45, 7) is 2.76. The predicted octanol–water partition coefficient (Wildman–Crippen LogP) is 2.11. The Morgan fingerprint density at radius 1 is 1.32 bits per heavy atom. The summed E-state index contributed by atoms with van der Waals surface area (Å²) in [5.41, 5.74) is 3.46. The zero-order chi connectivity index (χ0) is 22.0. The molecule has 0 radical (unpaired) electrons. The molecule has 2 N–H and O–H groups in total. The lowest BCUT2D eigenvalue weighted by molar-refractivity contribution is -0.119. The van der Waals surface area contributed by atoms with Crippen LogP contribution in [0, 0.1) is 0 Å². The molecule has 2 aliphatic rings. The first-order chi connectivity index (χ1) is 15.0. The SMILES string of the molecule is COC(=O)N1c2ccc(-c3cnn(CCO)c3)c(OC[C@H]3CCC(=O)N3)c2CC[C@@H]1C. The highest BCUT2D eigenvalue weighted by Gasteiger charge is 2.32. The van der Waals surface area contributed by atoms with E-state index in [0.29, 0.717) is 25.3 Å². The number of amides is 2. The molecule has 0 bridgehead atoms. The van der Waals surface area contributed by atoms with Crippen molar-refractivity contribution in [2.24, 2.45) is 0 Å². The van der Waals surface area contributed by atoms with Crippen LogP contribution < -0.4 is 15.0 Å². The third-order valence-corrected chi connectivity index (χ3v) is 5.91. The Hall–Kier alpha value is -3.07. The van der Waals surface area contributed by atoms with Crippen LogP contribution in [0.1, 0.15) is 31.7 Å². The average Bonchev–Trinajstić information content (AvgIpc) is 3.40. The van der Waals surface area contributed by atoms with Gasteiger partial charge in [0.05, 0.1) is 38.2 Å². The zero-order valence-electron chi connectivity index (χ0n) is 17.8. The van der Waals surface area contributed by atoms with Crippen LogP contribution in [0.25, 0.3) is 11.1 Å². The number of hydrogen-bond donors (Lipinski definition) is 2. The van der Waals surface area contributed by atoms with E-state index in [1.54, 1.807) is 15.8 Å². The normalized spacial score (nSPS) is 20.4. The number of carbonyl (C=O) groups excluding carboxylic acids is 2. The Morgan fingerprint density at radius 2 is 2.16 bits per heavy atom. The van der Waals surface area contributed by atoms with Gasteiger partial charge in [-0.05, 0) is 38.3 Å². The van der Waals surface area contributed by atoms with Crippen molar-refractivity contribution in [3.63, 3.8) is 0 Å². The number of nitrogens with zero attached hydrogens (tertiary/aromatic N) is 3. The molecule has 9 nitrogen and oxygen atoms in total. The smallest absolute Gasteiger partial charge is 0.414 e. The second-order valence-corrected chi connectivity index (χ2v) is 8.00. The van der Waals surface area contributed by atoms with E-state index in [4.69, 9.17) is 9.47 Å². The number of rotatable bonds is 6. The lowest BCUT2D eigenvalue weighted by atomic mass is 9.92. The standard InChI is InChI=1S/C22H28N4O5/c1-14-3-5-18-19(26(14)22(29)30-2)7-6-17(15-11-23-25(12-15)9-10-27)21(18)31-13-16-4-8-20(28)24-16/h6-7,11-12,14,16,27H,3-5,8-10,13H2,1-2H3,(H,24,28)/t14-,16+/m0/s1. The highest BCUT2D eigenvalue weighted by Crippen LogP contribution is 2.43. The monoisotopic (exact) mass is 428 g/mol. The molecule has 0 saturated carbocycles. The number of methoxy groups -OCH3 is 1. The minimum Gasteiger partial charge on any atom is -0.490 e. The quantitative estimate of drug-likeness (QED) is 0.730. The van der Waals surface area contributed by atoms with Crippen LogP contribution in [-0.4, -0.2) is 59.3 Å². The van der Waals surface area contributed by atoms with Crippen molar-refractivity contribution >= 4 is 17.7 Å². The fraction of sp³-hybridized carbons (Fsp3) is 0.500. The molecule has 0 spiro atoms. The molecule has 4 rings (SSSR count). The molecular weight excluding hydrogens is 400 g/mol. The Bertz CT molecular complexity index is 973. The highest BCUT2D eigenvalue weighted by atomic mass is 16.5. The molecule has 9 heteroatoms. The van der Waals surface area contributed by atoms with E-state index in [2.05, 4.69) is 10.4 Å². The van der Waals surface area contributed by atoms with Gasteiger partial charge in [-0.15, -0.1) is 0 Å². The third kappa shape index (κ3) is 4.23. The first-order valence-corrected chi connectivity index (χ1v) is 10.6. The van der Waals surface area contributed by atoms with Gasteiger partial charge in [0.1, 0.15) is 12.4 Å². The van der Waals surface area contributed by atoms with Crippen molar-refractivity contribution in [2.75, 3.05) is 25.2 Å². The van der Waals surface area contributed by atoms with Crippen LogP contribution >= 0.6 is 0 Å². The van der Waals surface area contributed by atoms with E-state index in [9.17, 15) is 14.7 Å². The first kappa shape index (κ1) is 21.2. The van der Waals surface area contributed by atoms with Gasteiger partial charge in [0.2, 0.25) is 5.91 Å². The van der Waals surface area contributed by atoms with Gasteiger partial charge in [-0.25, -0.2) is 4.79 Å². The summed E-state index contributed by atoms with van der Waals surface area (Å²) >= 11 is 0. The molecule has 1 fully saturated rings. The summed E-state index contributed by atoms with van der Waals surface area (Å²) < 4.78 is 13.0. The maximum atomic E-state index is 12.5. The largest absolute Gasteiger partial charge is 0.490 e. The molecule has 3 heterocycles. The van der Waals surface area contributed by atoms with Crippen LogP contribution in [0.3, 0.4) is 0 Å². The molecule has 166 valence electrons. The first-order valence-electron chi connectivity index (χ1n) is 10.6. The molecule has 2 aliphatic heterocycles. The van der Waals surface area contributed by atoms with E-state index in [-0.39, 0.29) is 24.6 Å². The van der Waals surface area contributed by atoms with Crippen molar-refractivity contribution in [1.29, 1.82) is 0 Å². The molecule has 0 unspecified atom stereocenters. The molecule has 2 atom stereocenters. The van der Waals surface area contributed by atoms with Crippen LogP contribution in [0.15, 0.2) is 24.5 Å². The molecule has 1 aromatic carbocycles. The van der Waals surface area contributed by atoms with Crippen LogP contribution in [0.4, 0.5) is 10.5 Å². The van der Waals surface area contributed by atoms with E-state index >= 15 is 0 Å². The number of carbonyl (C=O) groups is 2.